The van der Waals surface area contributed by atoms with Gasteiger partial charge in [0.05, 0.1) is 4.90 Å². The molecule has 2 rings (SSSR count). The lowest BCUT2D eigenvalue weighted by Gasteiger charge is -2.18. The van der Waals surface area contributed by atoms with Gasteiger partial charge in [0.15, 0.2) is 0 Å². The van der Waals surface area contributed by atoms with Gasteiger partial charge >= 0.3 is 0 Å². The second kappa shape index (κ2) is 8.44. The van der Waals surface area contributed by atoms with Gasteiger partial charge in [-0.2, -0.15) is 4.31 Å². The second-order valence-corrected chi connectivity index (χ2v) is 7.92. The fourth-order valence-electron chi connectivity index (χ4n) is 2.87. The lowest BCUT2D eigenvalue weighted by Crippen LogP contribution is -2.30. The predicted octanol–water partition coefficient (Wildman–Crippen LogP) is 2.69. The molecule has 0 spiro atoms. The molecular formula is C18H26N2O3S. The fraction of sp³-hybridized carbons (Fsp3) is 0.500. The molecule has 0 fully saturated rings. The average molecular weight is 350 g/mol. The number of allylic oxidation sites excluding steroid dienone is 2. The van der Waals surface area contributed by atoms with Crippen molar-refractivity contribution in [2.24, 2.45) is 5.92 Å². The standard InChI is InChI=1S/C18H26N2O3S/c1-3-20(4-2)24(22,23)17-11-9-16(10-12-17)14-19-18(21)13-15-7-5-6-8-15/h5,7,9-12,15H,3-4,6,8,13-14H2,1-2H3,(H,19,21)/t15-/m0/s1. The van der Waals surface area contributed by atoms with Crippen molar-refractivity contribution in [2.45, 2.75) is 44.6 Å². The summed E-state index contributed by atoms with van der Waals surface area (Å²) in [5, 5.41) is 2.90. The summed E-state index contributed by atoms with van der Waals surface area (Å²) >= 11 is 0. The maximum Gasteiger partial charge on any atom is 0.243 e. The van der Waals surface area contributed by atoms with Crippen LogP contribution in [0.3, 0.4) is 0 Å². The van der Waals surface area contributed by atoms with Crippen LogP contribution in [0, 0.1) is 5.92 Å². The summed E-state index contributed by atoms with van der Waals surface area (Å²) in [4.78, 5) is 12.2. The van der Waals surface area contributed by atoms with Gasteiger partial charge in [0.2, 0.25) is 15.9 Å². The van der Waals surface area contributed by atoms with E-state index < -0.39 is 10.0 Å². The highest BCUT2D eigenvalue weighted by Gasteiger charge is 2.21. The Kier molecular flexibility index (Phi) is 6.57. The second-order valence-electron chi connectivity index (χ2n) is 5.98. The van der Waals surface area contributed by atoms with E-state index in [-0.39, 0.29) is 10.8 Å². The highest BCUT2D eigenvalue weighted by atomic mass is 32.2. The normalized spacial score (nSPS) is 17.4. The number of hydrogen-bond donors (Lipinski definition) is 1. The fourth-order valence-corrected chi connectivity index (χ4v) is 4.33. The van der Waals surface area contributed by atoms with Gasteiger partial charge in [-0.1, -0.05) is 38.1 Å². The molecule has 1 aliphatic carbocycles. The first kappa shape index (κ1) is 18.7. The average Bonchev–Trinajstić information content (AvgIpc) is 3.07. The first-order chi connectivity index (χ1) is 11.5. The van der Waals surface area contributed by atoms with Crippen LogP contribution in [-0.4, -0.2) is 31.7 Å². The molecular weight excluding hydrogens is 324 g/mol. The van der Waals surface area contributed by atoms with Crippen LogP contribution in [0.15, 0.2) is 41.3 Å². The molecule has 1 atom stereocenters. The van der Waals surface area contributed by atoms with Crippen LogP contribution in [0.2, 0.25) is 0 Å². The Labute approximate surface area is 144 Å². The molecule has 0 saturated carbocycles. The van der Waals surface area contributed by atoms with Crippen molar-refractivity contribution < 1.29 is 13.2 Å². The number of nitrogens with one attached hydrogen (secondary N) is 1. The minimum absolute atomic E-state index is 0.0337. The van der Waals surface area contributed by atoms with Gasteiger partial charge in [-0.15, -0.1) is 0 Å². The van der Waals surface area contributed by atoms with Crippen LogP contribution in [0.1, 0.15) is 38.7 Å². The molecule has 1 amide bonds. The van der Waals surface area contributed by atoms with Crippen molar-refractivity contribution >= 4 is 15.9 Å². The molecule has 0 aliphatic heterocycles. The molecule has 1 N–H and O–H groups in total. The number of sulfonamides is 1. The number of carbonyl (C=O) groups excluding carboxylic acids is 1. The zero-order chi connectivity index (χ0) is 17.6. The van der Waals surface area contributed by atoms with Crippen LogP contribution in [-0.2, 0) is 21.4 Å². The van der Waals surface area contributed by atoms with E-state index >= 15 is 0 Å². The van der Waals surface area contributed by atoms with E-state index in [4.69, 9.17) is 0 Å². The SMILES string of the molecule is CCN(CC)S(=O)(=O)c1ccc(CNC(=O)C[C@H]2C=CCC2)cc1. The summed E-state index contributed by atoms with van der Waals surface area (Å²) in [5.41, 5.74) is 0.892. The van der Waals surface area contributed by atoms with Gasteiger partial charge in [0.1, 0.15) is 0 Å². The van der Waals surface area contributed by atoms with Crippen LogP contribution in [0.25, 0.3) is 0 Å². The molecule has 0 unspecified atom stereocenters. The molecule has 0 aromatic heterocycles. The largest absolute Gasteiger partial charge is 0.352 e. The van der Waals surface area contributed by atoms with E-state index in [9.17, 15) is 13.2 Å². The number of nitrogens with zero attached hydrogens (tertiary/aromatic N) is 1. The van der Waals surface area contributed by atoms with Gasteiger partial charge in [0, 0.05) is 26.1 Å². The molecule has 0 heterocycles. The highest BCUT2D eigenvalue weighted by Crippen LogP contribution is 2.20. The minimum atomic E-state index is -3.43. The van der Waals surface area contributed by atoms with E-state index in [0.29, 0.717) is 32.0 Å². The Bertz CT molecular complexity index is 677. The number of amides is 1. The summed E-state index contributed by atoms with van der Waals surface area (Å²) in [7, 11) is -3.43. The molecule has 0 radical (unpaired) electrons. The summed E-state index contributed by atoms with van der Waals surface area (Å²) in [6.07, 6.45) is 6.84. The van der Waals surface area contributed by atoms with Gasteiger partial charge < -0.3 is 5.32 Å². The van der Waals surface area contributed by atoms with Gasteiger partial charge in [0.25, 0.3) is 0 Å². The maximum atomic E-state index is 12.4. The molecule has 132 valence electrons. The van der Waals surface area contributed by atoms with Crippen LogP contribution in [0.4, 0.5) is 0 Å². The first-order valence-electron chi connectivity index (χ1n) is 8.49. The van der Waals surface area contributed by atoms with Crippen molar-refractivity contribution in [3.63, 3.8) is 0 Å². The quantitative estimate of drug-likeness (QED) is 0.733. The Morgan fingerprint density at radius 1 is 1.21 bits per heavy atom. The van der Waals surface area contributed by atoms with Crippen molar-refractivity contribution in [2.75, 3.05) is 13.1 Å². The summed E-state index contributed by atoms with van der Waals surface area (Å²) < 4.78 is 26.3. The lowest BCUT2D eigenvalue weighted by atomic mass is 10.1. The van der Waals surface area contributed by atoms with Crippen LogP contribution < -0.4 is 5.32 Å². The zero-order valence-corrected chi connectivity index (χ0v) is 15.2. The summed E-state index contributed by atoms with van der Waals surface area (Å²) in [6, 6.07) is 6.72. The molecule has 1 aromatic carbocycles. The summed E-state index contributed by atoms with van der Waals surface area (Å²) in [6.45, 7) is 4.97. The van der Waals surface area contributed by atoms with E-state index in [0.717, 1.165) is 18.4 Å². The third kappa shape index (κ3) is 4.68. The van der Waals surface area contributed by atoms with Gasteiger partial charge in [-0.3, -0.25) is 4.79 Å². The maximum absolute atomic E-state index is 12.4. The van der Waals surface area contributed by atoms with Gasteiger partial charge in [-0.05, 0) is 36.5 Å². The summed E-state index contributed by atoms with van der Waals surface area (Å²) in [5.74, 6) is 0.387. The van der Waals surface area contributed by atoms with E-state index in [1.807, 2.05) is 13.8 Å². The molecule has 1 aromatic rings. The third-order valence-corrected chi connectivity index (χ3v) is 6.38. The van der Waals surface area contributed by atoms with Crippen molar-refractivity contribution in [1.82, 2.24) is 9.62 Å². The zero-order valence-electron chi connectivity index (χ0n) is 14.4. The van der Waals surface area contributed by atoms with Crippen molar-refractivity contribution in [3.05, 3.63) is 42.0 Å². The van der Waals surface area contributed by atoms with E-state index in [1.54, 1.807) is 24.3 Å². The van der Waals surface area contributed by atoms with Gasteiger partial charge in [-0.25, -0.2) is 8.42 Å². The number of benzene rings is 1. The first-order valence-corrected chi connectivity index (χ1v) is 9.93. The van der Waals surface area contributed by atoms with Crippen LogP contribution in [0.5, 0.6) is 0 Å². The monoisotopic (exact) mass is 350 g/mol. The van der Waals surface area contributed by atoms with Crippen molar-refractivity contribution in [3.8, 4) is 0 Å². The third-order valence-electron chi connectivity index (χ3n) is 4.32. The number of rotatable bonds is 8. The molecule has 0 bridgehead atoms. The number of carbonyl (C=O) groups is 1. The molecule has 1 aliphatic rings. The topological polar surface area (TPSA) is 66.5 Å². The van der Waals surface area contributed by atoms with Crippen LogP contribution >= 0.6 is 0 Å². The lowest BCUT2D eigenvalue weighted by molar-refractivity contribution is -0.121. The van der Waals surface area contributed by atoms with E-state index in [2.05, 4.69) is 17.5 Å². The Hall–Kier alpha value is -1.66. The molecule has 6 heteroatoms. The Morgan fingerprint density at radius 3 is 2.42 bits per heavy atom. The van der Waals surface area contributed by atoms with E-state index in [1.165, 1.54) is 4.31 Å². The Balaban J connectivity index is 1.92. The predicted molar refractivity (Wildman–Crippen MR) is 94.9 cm³/mol. The molecule has 0 saturated heterocycles. The molecule has 5 nitrogen and oxygen atoms in total. The highest BCUT2D eigenvalue weighted by molar-refractivity contribution is 7.89. The minimum Gasteiger partial charge on any atom is -0.352 e. The molecule has 24 heavy (non-hydrogen) atoms. The van der Waals surface area contributed by atoms with Crippen molar-refractivity contribution in [1.29, 1.82) is 0 Å². The Morgan fingerprint density at radius 2 is 1.88 bits per heavy atom. The number of hydrogen-bond acceptors (Lipinski definition) is 3. The smallest absolute Gasteiger partial charge is 0.243 e.